The molecular weight excluding hydrogens is 366 g/mol. The van der Waals surface area contributed by atoms with E-state index in [-0.39, 0.29) is 11.0 Å². The van der Waals surface area contributed by atoms with Crippen LogP contribution in [0.2, 0.25) is 0 Å². The van der Waals surface area contributed by atoms with Crippen molar-refractivity contribution in [3.8, 4) is 0 Å². The summed E-state index contributed by atoms with van der Waals surface area (Å²) in [6, 6.07) is 10.1. The average Bonchev–Trinajstić information content (AvgIpc) is 2.99. The maximum atomic E-state index is 12.6. The van der Waals surface area contributed by atoms with Crippen LogP contribution in [-0.2, 0) is 19.1 Å². The summed E-state index contributed by atoms with van der Waals surface area (Å²) in [6.07, 6.45) is 6.30. The Morgan fingerprint density at radius 2 is 1.41 bits per heavy atom. The van der Waals surface area contributed by atoms with Gasteiger partial charge in [0, 0.05) is 13.1 Å². The average molecular weight is 400 g/mol. The monoisotopic (exact) mass is 399 g/mol. The fourth-order valence-electron chi connectivity index (χ4n) is 3.62. The number of hydrogen-bond acceptors (Lipinski definition) is 5. The van der Waals surface area contributed by atoms with Crippen LogP contribution in [-0.4, -0.2) is 44.1 Å². The molecule has 29 heavy (non-hydrogen) atoms. The van der Waals surface area contributed by atoms with E-state index in [0.29, 0.717) is 5.70 Å². The van der Waals surface area contributed by atoms with E-state index in [9.17, 15) is 9.59 Å². The summed E-state index contributed by atoms with van der Waals surface area (Å²) in [5, 5.41) is 0. The van der Waals surface area contributed by atoms with Crippen molar-refractivity contribution >= 4 is 17.5 Å². The summed E-state index contributed by atoms with van der Waals surface area (Å²) in [5.74, 6) is -1.35. The molecule has 0 aromatic heterocycles. The molecule has 0 spiro atoms. The molecule has 0 unspecified atom stereocenters. The summed E-state index contributed by atoms with van der Waals surface area (Å²) in [6.45, 7) is 7.95. The molecule has 0 bridgehead atoms. The first-order valence-electron chi connectivity index (χ1n) is 10.2. The lowest BCUT2D eigenvalue weighted by Gasteiger charge is -2.29. The molecule has 1 aromatic rings. The molecule has 158 valence electrons. The Balaban J connectivity index is 2.76. The fourth-order valence-corrected chi connectivity index (χ4v) is 3.62. The summed E-state index contributed by atoms with van der Waals surface area (Å²) >= 11 is 0. The number of carbonyl (C=O) groups excluding carboxylic acids is 2. The van der Waals surface area contributed by atoms with E-state index in [2.05, 4.69) is 25.7 Å². The summed E-state index contributed by atoms with van der Waals surface area (Å²) < 4.78 is 9.92. The lowest BCUT2D eigenvalue weighted by atomic mass is 9.81. The molecule has 1 fully saturated rings. The number of rotatable bonds is 5. The Kier molecular flexibility index (Phi) is 8.06. The Morgan fingerprint density at radius 3 is 1.86 bits per heavy atom. The maximum Gasteiger partial charge on any atom is 0.347 e. The van der Waals surface area contributed by atoms with Crippen molar-refractivity contribution in [2.45, 2.75) is 46.5 Å². The van der Waals surface area contributed by atoms with Gasteiger partial charge in [0.05, 0.1) is 19.9 Å². The van der Waals surface area contributed by atoms with Gasteiger partial charge in [-0.25, -0.2) is 9.59 Å². The summed E-state index contributed by atoms with van der Waals surface area (Å²) in [5.41, 5.74) is 2.44. The standard InChI is InChI=1S/C24H33NO4/c1-24(2,3)19(18-13-9-8-10-14-18)17-20(25-15-11-6-7-12-16-25)21(22(26)28-4)23(27)29-5/h8-10,13-14,17H,6-7,11-12,15-16H2,1-5H3/b19-17-. The quantitative estimate of drug-likeness (QED) is 0.238. The van der Waals surface area contributed by atoms with Crippen molar-refractivity contribution in [3.05, 3.63) is 53.2 Å². The first kappa shape index (κ1) is 22.7. The third kappa shape index (κ3) is 5.96. The van der Waals surface area contributed by atoms with Gasteiger partial charge < -0.3 is 14.4 Å². The molecule has 5 nitrogen and oxygen atoms in total. The molecule has 1 heterocycles. The van der Waals surface area contributed by atoms with Crippen LogP contribution < -0.4 is 0 Å². The highest BCUT2D eigenvalue weighted by Gasteiger charge is 2.29. The van der Waals surface area contributed by atoms with Crippen LogP contribution in [0.5, 0.6) is 0 Å². The molecule has 0 N–H and O–H groups in total. The molecule has 2 rings (SSSR count). The van der Waals surface area contributed by atoms with Gasteiger partial charge in [0.25, 0.3) is 0 Å². The van der Waals surface area contributed by atoms with E-state index < -0.39 is 11.9 Å². The zero-order chi connectivity index (χ0) is 21.4. The number of esters is 2. The van der Waals surface area contributed by atoms with Gasteiger partial charge in [-0.3, -0.25) is 0 Å². The fraction of sp³-hybridized carbons (Fsp3) is 0.500. The van der Waals surface area contributed by atoms with Gasteiger partial charge in [0.15, 0.2) is 5.57 Å². The molecule has 0 saturated carbocycles. The van der Waals surface area contributed by atoms with Crippen molar-refractivity contribution in [1.82, 2.24) is 4.90 Å². The second kappa shape index (κ2) is 10.3. The van der Waals surface area contributed by atoms with Crippen molar-refractivity contribution < 1.29 is 19.1 Å². The van der Waals surface area contributed by atoms with Gasteiger partial charge in [0.1, 0.15) is 0 Å². The summed E-state index contributed by atoms with van der Waals surface area (Å²) in [7, 11) is 2.58. The first-order valence-corrected chi connectivity index (χ1v) is 10.2. The zero-order valence-corrected chi connectivity index (χ0v) is 18.3. The Bertz CT molecular complexity index is 746. The Hall–Kier alpha value is -2.56. The number of likely N-dealkylation sites (tertiary alicyclic amines) is 1. The highest BCUT2D eigenvalue weighted by Crippen LogP contribution is 2.36. The highest BCUT2D eigenvalue weighted by molar-refractivity contribution is 6.15. The number of ether oxygens (including phenoxy) is 2. The third-order valence-electron chi connectivity index (χ3n) is 5.16. The number of methoxy groups -OCH3 is 2. The Labute approximate surface area is 174 Å². The van der Waals surface area contributed by atoms with E-state index in [1.807, 2.05) is 36.4 Å². The molecule has 0 amide bonds. The van der Waals surface area contributed by atoms with E-state index in [1.54, 1.807) is 0 Å². The normalized spacial score (nSPS) is 15.3. The van der Waals surface area contributed by atoms with Gasteiger partial charge in [0.2, 0.25) is 0 Å². The van der Waals surface area contributed by atoms with Gasteiger partial charge >= 0.3 is 11.9 Å². The molecular formula is C24H33NO4. The Morgan fingerprint density at radius 1 is 0.897 bits per heavy atom. The maximum absolute atomic E-state index is 12.6. The van der Waals surface area contributed by atoms with Crippen LogP contribution in [0.25, 0.3) is 5.57 Å². The van der Waals surface area contributed by atoms with E-state index >= 15 is 0 Å². The van der Waals surface area contributed by atoms with Crippen LogP contribution in [0, 0.1) is 5.41 Å². The van der Waals surface area contributed by atoms with Gasteiger partial charge in [-0.05, 0) is 35.5 Å². The van der Waals surface area contributed by atoms with E-state index in [4.69, 9.17) is 9.47 Å². The van der Waals surface area contributed by atoms with Gasteiger partial charge in [-0.1, -0.05) is 63.9 Å². The van der Waals surface area contributed by atoms with Crippen LogP contribution in [0.15, 0.2) is 47.7 Å². The minimum Gasteiger partial charge on any atom is -0.465 e. The molecule has 5 heteroatoms. The third-order valence-corrected chi connectivity index (χ3v) is 5.16. The lowest BCUT2D eigenvalue weighted by molar-refractivity contribution is -0.144. The molecule has 1 aromatic carbocycles. The molecule has 0 radical (unpaired) electrons. The lowest BCUT2D eigenvalue weighted by Crippen LogP contribution is -2.30. The number of hydrogen-bond donors (Lipinski definition) is 0. The van der Waals surface area contributed by atoms with Crippen LogP contribution in [0.3, 0.4) is 0 Å². The van der Waals surface area contributed by atoms with Gasteiger partial charge in [-0.15, -0.1) is 0 Å². The first-order chi connectivity index (χ1) is 13.8. The molecule has 0 aliphatic carbocycles. The van der Waals surface area contributed by atoms with E-state index in [0.717, 1.165) is 49.9 Å². The zero-order valence-electron chi connectivity index (χ0n) is 18.3. The highest BCUT2D eigenvalue weighted by atomic mass is 16.5. The molecule has 1 aliphatic rings. The molecule has 1 saturated heterocycles. The SMILES string of the molecule is COC(=O)C(C(=O)OC)=C(/C=C(/c1ccccc1)C(C)(C)C)N1CCCCCC1. The van der Waals surface area contributed by atoms with Crippen LogP contribution in [0.1, 0.15) is 52.0 Å². The van der Waals surface area contributed by atoms with Gasteiger partial charge in [-0.2, -0.15) is 0 Å². The second-order valence-electron chi connectivity index (χ2n) is 8.32. The number of benzene rings is 1. The van der Waals surface area contributed by atoms with Crippen molar-refractivity contribution in [2.75, 3.05) is 27.3 Å². The van der Waals surface area contributed by atoms with Crippen LogP contribution >= 0.6 is 0 Å². The molecule has 0 atom stereocenters. The van der Waals surface area contributed by atoms with E-state index in [1.165, 1.54) is 14.2 Å². The minimum absolute atomic E-state index is 0.0467. The van der Waals surface area contributed by atoms with Crippen molar-refractivity contribution in [2.24, 2.45) is 5.41 Å². The summed E-state index contributed by atoms with van der Waals surface area (Å²) in [4.78, 5) is 27.4. The minimum atomic E-state index is -0.673. The van der Waals surface area contributed by atoms with Crippen molar-refractivity contribution in [1.29, 1.82) is 0 Å². The molecule has 1 aliphatic heterocycles. The number of allylic oxidation sites excluding steroid dienone is 2. The second-order valence-corrected chi connectivity index (χ2v) is 8.32. The van der Waals surface area contributed by atoms with Crippen molar-refractivity contribution in [3.63, 3.8) is 0 Å². The smallest absolute Gasteiger partial charge is 0.347 e. The topological polar surface area (TPSA) is 55.8 Å². The number of carbonyl (C=O) groups is 2. The number of nitrogens with zero attached hydrogens (tertiary/aromatic N) is 1. The van der Waals surface area contributed by atoms with Crippen LogP contribution in [0.4, 0.5) is 0 Å². The predicted octanol–water partition coefficient (Wildman–Crippen LogP) is 4.59. The largest absolute Gasteiger partial charge is 0.465 e. The predicted molar refractivity (Wildman–Crippen MR) is 115 cm³/mol.